The van der Waals surface area contributed by atoms with Gasteiger partial charge in [0.2, 0.25) is 0 Å². The van der Waals surface area contributed by atoms with Crippen LogP contribution in [0.2, 0.25) is 0 Å². The van der Waals surface area contributed by atoms with Gasteiger partial charge in [-0.1, -0.05) is 56.3 Å². The largest absolute Gasteiger partial charge is 0.494 e. The molecule has 0 aliphatic heterocycles. The maximum Gasteiger partial charge on any atom is 0.127 e. The van der Waals surface area contributed by atoms with E-state index in [0.717, 1.165) is 28.8 Å². The fourth-order valence-corrected chi connectivity index (χ4v) is 4.19. The molecule has 0 saturated carbocycles. The average molecular weight is 393 g/mol. The summed E-state index contributed by atoms with van der Waals surface area (Å²) in [5.74, 6) is 4.70. The van der Waals surface area contributed by atoms with Gasteiger partial charge in [0.1, 0.15) is 17.2 Å². The van der Waals surface area contributed by atoms with E-state index in [0.29, 0.717) is 6.61 Å². The molecule has 3 aromatic rings. The molecule has 28 heavy (non-hydrogen) atoms. The fraction of sp³-hybridized carbons (Fsp3) is 0.280. The Morgan fingerprint density at radius 1 is 0.786 bits per heavy atom. The van der Waals surface area contributed by atoms with Crippen LogP contribution < -0.4 is 9.47 Å². The van der Waals surface area contributed by atoms with Gasteiger partial charge in [-0.15, -0.1) is 0 Å². The predicted molar refractivity (Wildman–Crippen MR) is 120 cm³/mol. The summed E-state index contributed by atoms with van der Waals surface area (Å²) in [5, 5.41) is 0. The molecular weight excluding hydrogens is 364 g/mol. The van der Waals surface area contributed by atoms with Crippen LogP contribution in [-0.4, -0.2) is 12.4 Å². The molecule has 0 heterocycles. The van der Waals surface area contributed by atoms with Crippen LogP contribution in [0.15, 0.2) is 78.9 Å². The molecule has 0 saturated heterocycles. The van der Waals surface area contributed by atoms with Crippen LogP contribution in [-0.2, 0) is 11.2 Å². The van der Waals surface area contributed by atoms with Gasteiger partial charge < -0.3 is 9.47 Å². The number of thioether (sulfide) groups is 1. The van der Waals surface area contributed by atoms with E-state index in [2.05, 4.69) is 56.3 Å². The molecule has 3 aromatic carbocycles. The lowest BCUT2D eigenvalue weighted by molar-refractivity contribution is 0.340. The summed E-state index contributed by atoms with van der Waals surface area (Å²) < 4.78 is 11.5. The van der Waals surface area contributed by atoms with Crippen molar-refractivity contribution >= 4 is 11.8 Å². The van der Waals surface area contributed by atoms with Crippen molar-refractivity contribution in [1.82, 2.24) is 0 Å². The van der Waals surface area contributed by atoms with E-state index in [1.165, 1.54) is 11.1 Å². The van der Waals surface area contributed by atoms with Crippen LogP contribution in [0, 0.1) is 0 Å². The quantitative estimate of drug-likeness (QED) is 0.387. The summed E-state index contributed by atoms with van der Waals surface area (Å²) in [6.07, 6.45) is 0. The molecule has 0 amide bonds. The SMILES string of the molecule is CCOc1ccc(C(C)(C)CSCc2cccc(Oc3ccccc3)c2)cc1. The molecule has 0 fully saturated rings. The average Bonchev–Trinajstić information content (AvgIpc) is 2.70. The Balaban J connectivity index is 1.55. The van der Waals surface area contributed by atoms with E-state index in [1.54, 1.807) is 0 Å². The van der Waals surface area contributed by atoms with Crippen LogP contribution in [0.5, 0.6) is 17.2 Å². The van der Waals surface area contributed by atoms with E-state index in [4.69, 9.17) is 9.47 Å². The van der Waals surface area contributed by atoms with Gasteiger partial charge in [0.05, 0.1) is 6.61 Å². The van der Waals surface area contributed by atoms with Crippen molar-refractivity contribution in [1.29, 1.82) is 0 Å². The molecule has 0 aromatic heterocycles. The maximum absolute atomic E-state index is 5.95. The van der Waals surface area contributed by atoms with Gasteiger partial charge in [-0.05, 0) is 59.9 Å². The zero-order chi connectivity index (χ0) is 19.8. The molecule has 0 atom stereocenters. The van der Waals surface area contributed by atoms with Crippen molar-refractivity contribution < 1.29 is 9.47 Å². The van der Waals surface area contributed by atoms with Crippen molar-refractivity contribution in [3.05, 3.63) is 90.0 Å². The van der Waals surface area contributed by atoms with Crippen LogP contribution >= 0.6 is 11.8 Å². The van der Waals surface area contributed by atoms with Crippen LogP contribution in [0.25, 0.3) is 0 Å². The molecule has 0 aliphatic carbocycles. The van der Waals surface area contributed by atoms with E-state index in [9.17, 15) is 0 Å². The predicted octanol–water partition coefficient (Wildman–Crippen LogP) is 7.09. The number of hydrogen-bond acceptors (Lipinski definition) is 3. The number of hydrogen-bond donors (Lipinski definition) is 0. The first kappa shape index (κ1) is 20.3. The van der Waals surface area contributed by atoms with Crippen molar-refractivity contribution in [3.63, 3.8) is 0 Å². The molecular formula is C25H28O2S. The summed E-state index contributed by atoms with van der Waals surface area (Å²) >= 11 is 1.95. The summed E-state index contributed by atoms with van der Waals surface area (Å²) in [5.41, 5.74) is 2.72. The van der Waals surface area contributed by atoms with Gasteiger partial charge in [0, 0.05) is 11.5 Å². The van der Waals surface area contributed by atoms with Gasteiger partial charge in [0.15, 0.2) is 0 Å². The zero-order valence-electron chi connectivity index (χ0n) is 16.9. The third-order valence-corrected chi connectivity index (χ3v) is 6.02. The lowest BCUT2D eigenvalue weighted by atomic mass is 9.87. The highest BCUT2D eigenvalue weighted by Gasteiger charge is 2.20. The highest BCUT2D eigenvalue weighted by molar-refractivity contribution is 7.98. The minimum absolute atomic E-state index is 0.105. The highest BCUT2D eigenvalue weighted by atomic mass is 32.2. The standard InChI is InChI=1S/C25H28O2S/c1-4-26-22-15-13-21(14-16-22)25(2,3)19-28-18-20-9-8-12-24(17-20)27-23-10-6-5-7-11-23/h5-17H,4,18-19H2,1-3H3. The lowest BCUT2D eigenvalue weighted by Gasteiger charge is -2.25. The van der Waals surface area contributed by atoms with Gasteiger partial charge in [-0.25, -0.2) is 0 Å². The molecule has 146 valence electrons. The van der Waals surface area contributed by atoms with Gasteiger partial charge in [-0.3, -0.25) is 0 Å². The van der Waals surface area contributed by atoms with Crippen LogP contribution in [0.4, 0.5) is 0 Å². The summed E-state index contributed by atoms with van der Waals surface area (Å²) in [6, 6.07) is 26.8. The molecule has 2 nitrogen and oxygen atoms in total. The second kappa shape index (κ2) is 9.70. The number of para-hydroxylation sites is 1. The van der Waals surface area contributed by atoms with E-state index < -0.39 is 0 Å². The molecule has 0 spiro atoms. The first-order chi connectivity index (χ1) is 13.6. The second-order valence-corrected chi connectivity index (χ2v) is 8.38. The topological polar surface area (TPSA) is 18.5 Å². The summed E-state index contributed by atoms with van der Waals surface area (Å²) in [4.78, 5) is 0. The number of ether oxygens (including phenoxy) is 2. The van der Waals surface area contributed by atoms with Gasteiger partial charge >= 0.3 is 0 Å². The number of rotatable bonds is 9. The first-order valence-corrected chi connectivity index (χ1v) is 10.9. The molecule has 0 bridgehead atoms. The van der Waals surface area contributed by atoms with Crippen molar-refractivity contribution in [2.45, 2.75) is 31.9 Å². The Bertz CT molecular complexity index is 857. The molecule has 0 radical (unpaired) electrons. The Hall–Kier alpha value is -2.39. The maximum atomic E-state index is 5.95. The van der Waals surface area contributed by atoms with E-state index in [1.807, 2.05) is 55.1 Å². The third kappa shape index (κ3) is 5.80. The molecule has 0 unspecified atom stereocenters. The normalized spacial score (nSPS) is 11.2. The highest BCUT2D eigenvalue weighted by Crippen LogP contribution is 2.31. The Labute approximate surface area is 172 Å². The van der Waals surface area contributed by atoms with Crippen molar-refractivity contribution in [2.75, 3.05) is 12.4 Å². The first-order valence-electron chi connectivity index (χ1n) is 9.70. The Morgan fingerprint density at radius 2 is 1.50 bits per heavy atom. The lowest BCUT2D eigenvalue weighted by Crippen LogP contribution is -2.20. The summed E-state index contributed by atoms with van der Waals surface area (Å²) in [6.45, 7) is 7.30. The minimum Gasteiger partial charge on any atom is -0.494 e. The molecule has 3 heteroatoms. The Kier molecular flexibility index (Phi) is 7.05. The zero-order valence-corrected chi connectivity index (χ0v) is 17.7. The molecule has 0 N–H and O–H groups in total. The second-order valence-electron chi connectivity index (χ2n) is 7.40. The van der Waals surface area contributed by atoms with Crippen molar-refractivity contribution in [2.24, 2.45) is 0 Å². The van der Waals surface area contributed by atoms with Gasteiger partial charge in [0.25, 0.3) is 0 Å². The van der Waals surface area contributed by atoms with Crippen LogP contribution in [0.1, 0.15) is 31.9 Å². The van der Waals surface area contributed by atoms with Gasteiger partial charge in [-0.2, -0.15) is 11.8 Å². The fourth-order valence-electron chi connectivity index (χ4n) is 3.00. The Morgan fingerprint density at radius 3 is 2.21 bits per heavy atom. The van der Waals surface area contributed by atoms with E-state index >= 15 is 0 Å². The monoisotopic (exact) mass is 392 g/mol. The minimum atomic E-state index is 0.105. The molecule has 0 aliphatic rings. The number of benzene rings is 3. The van der Waals surface area contributed by atoms with Crippen LogP contribution in [0.3, 0.4) is 0 Å². The van der Waals surface area contributed by atoms with E-state index in [-0.39, 0.29) is 5.41 Å². The van der Waals surface area contributed by atoms with Crippen molar-refractivity contribution in [3.8, 4) is 17.2 Å². The summed E-state index contributed by atoms with van der Waals surface area (Å²) in [7, 11) is 0. The smallest absolute Gasteiger partial charge is 0.127 e. The molecule has 3 rings (SSSR count). The third-order valence-electron chi connectivity index (χ3n) is 4.56.